The number of rotatable bonds is 5. The molecule has 1 aliphatic carbocycles. The van der Waals surface area contributed by atoms with Crippen LogP contribution in [0.1, 0.15) is 32.1 Å². The second-order valence-corrected chi connectivity index (χ2v) is 10.1. The molecule has 3 atom stereocenters. The van der Waals surface area contributed by atoms with Crippen molar-refractivity contribution in [1.82, 2.24) is 16.0 Å². The first kappa shape index (κ1) is 20.0. The summed E-state index contributed by atoms with van der Waals surface area (Å²) in [4.78, 5) is 26.9. The van der Waals surface area contributed by atoms with Crippen molar-refractivity contribution in [2.24, 2.45) is 0 Å². The molecule has 2 saturated heterocycles. The Morgan fingerprint density at radius 2 is 2.00 bits per heavy atom. The summed E-state index contributed by atoms with van der Waals surface area (Å²) in [7, 11) is 0. The van der Waals surface area contributed by atoms with Crippen LogP contribution in [-0.2, 0) is 9.59 Å². The minimum absolute atomic E-state index is 0.0336. The summed E-state index contributed by atoms with van der Waals surface area (Å²) in [6.45, 7) is 0. The van der Waals surface area contributed by atoms with E-state index in [0.29, 0.717) is 16.1 Å². The molecule has 1 aromatic carbocycles. The summed E-state index contributed by atoms with van der Waals surface area (Å²) in [5.41, 5.74) is 0.645. The number of carbonyl (C=O) groups is 2. The first-order chi connectivity index (χ1) is 13.6. The highest BCUT2D eigenvalue weighted by atomic mass is 32.2. The topological polar surface area (TPSA) is 73.5 Å². The standard InChI is InChI=1S/C19H24N4O2S3/c24-14(20-12-7-3-1-4-8-12)11-27-18-21-16-15(17(25)22-18)28-19(26)23(16)13-9-5-2-6-10-13/h2,5-6,9-10,12,15-16,18,21H,1,3-4,7-8,11H2,(H,20,24)(H,22,25). The zero-order valence-corrected chi connectivity index (χ0v) is 17.9. The van der Waals surface area contributed by atoms with Crippen LogP contribution in [0.2, 0.25) is 0 Å². The lowest BCUT2D eigenvalue weighted by atomic mass is 9.95. The van der Waals surface area contributed by atoms with Gasteiger partial charge in [0.15, 0.2) is 0 Å². The predicted molar refractivity (Wildman–Crippen MR) is 119 cm³/mol. The molecule has 9 heteroatoms. The van der Waals surface area contributed by atoms with Gasteiger partial charge in [0, 0.05) is 11.7 Å². The van der Waals surface area contributed by atoms with E-state index in [4.69, 9.17) is 12.2 Å². The number of nitrogens with zero attached hydrogens (tertiary/aromatic N) is 1. The molecule has 0 radical (unpaired) electrons. The average Bonchev–Trinajstić information content (AvgIpc) is 3.04. The monoisotopic (exact) mass is 436 g/mol. The Morgan fingerprint density at radius 3 is 2.75 bits per heavy atom. The van der Waals surface area contributed by atoms with Crippen LogP contribution < -0.4 is 20.9 Å². The maximum absolute atomic E-state index is 12.6. The normalized spacial score (nSPS) is 28.0. The van der Waals surface area contributed by atoms with Crippen LogP contribution in [0.4, 0.5) is 5.69 Å². The highest BCUT2D eigenvalue weighted by Crippen LogP contribution is 2.37. The van der Waals surface area contributed by atoms with E-state index in [1.807, 2.05) is 35.2 Å². The first-order valence-corrected chi connectivity index (χ1v) is 12.0. The molecule has 1 saturated carbocycles. The number of anilines is 1. The Kier molecular flexibility index (Phi) is 6.45. The molecular weight excluding hydrogens is 412 g/mol. The maximum atomic E-state index is 12.6. The van der Waals surface area contributed by atoms with Gasteiger partial charge in [-0.1, -0.05) is 61.4 Å². The molecule has 2 aliphatic heterocycles. The molecule has 6 nitrogen and oxygen atoms in total. The van der Waals surface area contributed by atoms with Gasteiger partial charge in [-0.15, -0.1) is 11.8 Å². The molecule has 3 N–H and O–H groups in total. The Bertz CT molecular complexity index is 742. The lowest BCUT2D eigenvalue weighted by molar-refractivity contribution is -0.123. The summed E-state index contributed by atoms with van der Waals surface area (Å²) in [5.74, 6) is 0.306. The molecule has 1 aromatic rings. The van der Waals surface area contributed by atoms with E-state index in [1.165, 1.54) is 42.8 Å². The van der Waals surface area contributed by atoms with Crippen molar-refractivity contribution < 1.29 is 9.59 Å². The van der Waals surface area contributed by atoms with Crippen molar-refractivity contribution >= 4 is 57.6 Å². The highest BCUT2D eigenvalue weighted by Gasteiger charge is 2.47. The second kappa shape index (κ2) is 9.02. The zero-order chi connectivity index (χ0) is 19.5. The first-order valence-electron chi connectivity index (χ1n) is 9.64. The number of thiocarbonyl (C=S) groups is 1. The molecule has 3 aliphatic rings. The minimum atomic E-state index is -0.321. The van der Waals surface area contributed by atoms with Crippen molar-refractivity contribution in [2.45, 2.75) is 55.1 Å². The lowest BCUT2D eigenvalue weighted by Crippen LogP contribution is -2.64. The molecule has 4 rings (SSSR count). The van der Waals surface area contributed by atoms with E-state index in [0.717, 1.165) is 18.5 Å². The van der Waals surface area contributed by atoms with E-state index in [9.17, 15) is 9.59 Å². The van der Waals surface area contributed by atoms with Gasteiger partial charge >= 0.3 is 0 Å². The predicted octanol–water partition coefficient (Wildman–Crippen LogP) is 2.40. The van der Waals surface area contributed by atoms with Gasteiger partial charge in [-0.3, -0.25) is 14.9 Å². The van der Waals surface area contributed by atoms with Crippen LogP contribution in [0, 0.1) is 0 Å². The number of amides is 2. The fourth-order valence-corrected chi connectivity index (χ4v) is 6.29. The summed E-state index contributed by atoms with van der Waals surface area (Å²) < 4.78 is 0.685. The number of hydrogen-bond acceptors (Lipinski definition) is 6. The van der Waals surface area contributed by atoms with Crippen LogP contribution in [0.5, 0.6) is 0 Å². The largest absolute Gasteiger partial charge is 0.353 e. The molecule has 150 valence electrons. The van der Waals surface area contributed by atoms with E-state index in [2.05, 4.69) is 16.0 Å². The van der Waals surface area contributed by atoms with Gasteiger partial charge in [0.05, 0.1) is 5.75 Å². The number of benzene rings is 1. The molecule has 2 amide bonds. The fourth-order valence-electron chi connectivity index (χ4n) is 3.87. The Labute approximate surface area is 178 Å². The molecule has 28 heavy (non-hydrogen) atoms. The molecule has 3 unspecified atom stereocenters. The smallest absolute Gasteiger partial charge is 0.238 e. The fraction of sp³-hybridized carbons (Fsp3) is 0.526. The van der Waals surface area contributed by atoms with Crippen LogP contribution in [0.15, 0.2) is 30.3 Å². The highest BCUT2D eigenvalue weighted by molar-refractivity contribution is 8.24. The lowest BCUT2D eigenvalue weighted by Gasteiger charge is -2.36. The molecule has 0 aromatic heterocycles. The number of carbonyl (C=O) groups excluding carboxylic acids is 2. The van der Waals surface area contributed by atoms with Gasteiger partial charge in [-0.05, 0) is 25.0 Å². The Balaban J connectivity index is 1.36. The summed E-state index contributed by atoms with van der Waals surface area (Å²) in [6, 6.07) is 10.2. The molecule has 3 fully saturated rings. The maximum Gasteiger partial charge on any atom is 0.238 e. The summed E-state index contributed by atoms with van der Waals surface area (Å²) in [5, 5.41) is 9.25. The zero-order valence-electron chi connectivity index (χ0n) is 15.4. The van der Waals surface area contributed by atoms with Crippen molar-refractivity contribution in [3.63, 3.8) is 0 Å². The van der Waals surface area contributed by atoms with Crippen molar-refractivity contribution in [3.05, 3.63) is 30.3 Å². The number of para-hydroxylation sites is 1. The Morgan fingerprint density at radius 1 is 1.25 bits per heavy atom. The van der Waals surface area contributed by atoms with Gasteiger partial charge in [0.25, 0.3) is 0 Å². The third-order valence-electron chi connectivity index (χ3n) is 5.23. The van der Waals surface area contributed by atoms with E-state index < -0.39 is 0 Å². The number of fused-ring (bicyclic) bond motifs is 1. The average molecular weight is 437 g/mol. The third-order valence-corrected chi connectivity index (χ3v) is 7.85. The third kappa shape index (κ3) is 4.48. The molecule has 0 spiro atoms. The van der Waals surface area contributed by atoms with Crippen LogP contribution in [0.3, 0.4) is 0 Å². The molecular formula is C19H24N4O2S3. The van der Waals surface area contributed by atoms with E-state index in [-0.39, 0.29) is 28.7 Å². The molecule has 2 heterocycles. The van der Waals surface area contributed by atoms with E-state index >= 15 is 0 Å². The van der Waals surface area contributed by atoms with Crippen molar-refractivity contribution in [2.75, 3.05) is 10.7 Å². The van der Waals surface area contributed by atoms with Crippen molar-refractivity contribution in [3.8, 4) is 0 Å². The SMILES string of the molecule is O=C(CSC1NC(=O)C2SC(=S)N(c3ccccc3)C2N1)NC1CCCCC1. The second-order valence-electron chi connectivity index (χ2n) is 7.22. The quantitative estimate of drug-likeness (QED) is 0.612. The number of thioether (sulfide) groups is 2. The van der Waals surface area contributed by atoms with E-state index in [1.54, 1.807) is 0 Å². The van der Waals surface area contributed by atoms with Gasteiger partial charge in [0.1, 0.15) is 21.2 Å². The number of hydrogen-bond donors (Lipinski definition) is 3. The van der Waals surface area contributed by atoms with Gasteiger partial charge in [-0.25, -0.2) is 0 Å². The van der Waals surface area contributed by atoms with Crippen molar-refractivity contribution in [1.29, 1.82) is 0 Å². The van der Waals surface area contributed by atoms with Crippen LogP contribution >= 0.6 is 35.7 Å². The van der Waals surface area contributed by atoms with Crippen LogP contribution in [0.25, 0.3) is 0 Å². The van der Waals surface area contributed by atoms with Crippen LogP contribution in [-0.4, -0.2) is 44.8 Å². The van der Waals surface area contributed by atoms with Gasteiger partial charge in [-0.2, -0.15) is 0 Å². The van der Waals surface area contributed by atoms with Gasteiger partial charge in [0.2, 0.25) is 11.8 Å². The number of nitrogens with one attached hydrogen (secondary N) is 3. The van der Waals surface area contributed by atoms with Gasteiger partial charge < -0.3 is 15.5 Å². The Hall–Kier alpha value is -1.29. The molecule has 0 bridgehead atoms. The minimum Gasteiger partial charge on any atom is -0.353 e. The summed E-state index contributed by atoms with van der Waals surface area (Å²) >= 11 is 8.34. The summed E-state index contributed by atoms with van der Waals surface area (Å²) in [6.07, 6.45) is 5.56.